The summed E-state index contributed by atoms with van der Waals surface area (Å²) >= 11 is 4.90. The molecule has 1 aromatic carbocycles. The van der Waals surface area contributed by atoms with Crippen LogP contribution in [-0.2, 0) is 10.0 Å². The van der Waals surface area contributed by atoms with Gasteiger partial charge in [0.2, 0.25) is 10.0 Å². The Kier molecular flexibility index (Phi) is 5.58. The van der Waals surface area contributed by atoms with E-state index in [-0.39, 0.29) is 5.25 Å². The zero-order valence-electron chi connectivity index (χ0n) is 12.1. The van der Waals surface area contributed by atoms with Crippen molar-refractivity contribution in [2.45, 2.75) is 43.8 Å². The van der Waals surface area contributed by atoms with E-state index in [2.05, 4.69) is 0 Å². The Balaban J connectivity index is 2.27. The minimum atomic E-state index is -3.35. The first kappa shape index (κ1) is 16.2. The Labute approximate surface area is 132 Å². The van der Waals surface area contributed by atoms with E-state index in [0.717, 1.165) is 32.1 Å². The van der Waals surface area contributed by atoms with Gasteiger partial charge in [-0.05, 0) is 25.0 Å². The Hall–Kier alpha value is -1.14. The van der Waals surface area contributed by atoms with Crippen molar-refractivity contribution in [1.82, 2.24) is 0 Å². The molecule has 21 heavy (non-hydrogen) atoms. The van der Waals surface area contributed by atoms with Gasteiger partial charge in [-0.3, -0.25) is 4.31 Å². The molecule has 1 saturated carbocycles. The third-order valence-corrected chi connectivity index (χ3v) is 6.41. The summed E-state index contributed by atoms with van der Waals surface area (Å²) in [6, 6.07) is 9.21. The summed E-state index contributed by atoms with van der Waals surface area (Å²) < 4.78 is 27.4. The van der Waals surface area contributed by atoms with Crippen LogP contribution >= 0.6 is 12.2 Å². The zero-order chi connectivity index (χ0) is 15.3. The maximum atomic E-state index is 12.9. The molecule has 1 aromatic rings. The quantitative estimate of drug-likeness (QED) is 0.817. The van der Waals surface area contributed by atoms with Crippen molar-refractivity contribution in [3.05, 3.63) is 30.3 Å². The summed E-state index contributed by atoms with van der Waals surface area (Å²) in [6.07, 6.45) is 5.00. The molecule has 0 aromatic heterocycles. The lowest BCUT2D eigenvalue weighted by Gasteiger charge is -2.31. The standard InChI is InChI=1S/C15H22N2O2S2/c16-15(20)11-12-17(13-7-3-1-4-8-13)21(18,19)14-9-5-2-6-10-14/h1,3-4,7-8,14H,2,5-6,9-12H2,(H2,16,20). The molecule has 0 radical (unpaired) electrons. The van der Waals surface area contributed by atoms with E-state index in [9.17, 15) is 8.42 Å². The summed E-state index contributed by atoms with van der Waals surface area (Å²) in [4.78, 5) is 0.342. The van der Waals surface area contributed by atoms with Gasteiger partial charge in [-0.2, -0.15) is 0 Å². The highest BCUT2D eigenvalue weighted by atomic mass is 32.2. The second-order valence-electron chi connectivity index (χ2n) is 5.43. The van der Waals surface area contributed by atoms with Gasteiger partial charge in [0, 0.05) is 13.0 Å². The Bertz CT molecular complexity index is 567. The molecule has 0 atom stereocenters. The number of anilines is 1. The molecular weight excluding hydrogens is 304 g/mol. The SMILES string of the molecule is NC(=S)CCN(c1ccccc1)S(=O)(=O)C1CCCCC1. The van der Waals surface area contributed by atoms with E-state index in [0.29, 0.717) is 23.6 Å². The number of para-hydroxylation sites is 1. The Morgan fingerprint density at radius 3 is 2.38 bits per heavy atom. The Morgan fingerprint density at radius 1 is 1.19 bits per heavy atom. The van der Waals surface area contributed by atoms with Crippen molar-refractivity contribution in [2.24, 2.45) is 5.73 Å². The van der Waals surface area contributed by atoms with Crippen LogP contribution in [0.1, 0.15) is 38.5 Å². The number of hydrogen-bond acceptors (Lipinski definition) is 3. The van der Waals surface area contributed by atoms with E-state index in [4.69, 9.17) is 18.0 Å². The average Bonchev–Trinajstić information content (AvgIpc) is 2.49. The van der Waals surface area contributed by atoms with E-state index < -0.39 is 10.0 Å². The summed E-state index contributed by atoms with van der Waals surface area (Å²) in [5.41, 5.74) is 6.24. The van der Waals surface area contributed by atoms with Crippen LogP contribution in [0.25, 0.3) is 0 Å². The average molecular weight is 326 g/mol. The zero-order valence-corrected chi connectivity index (χ0v) is 13.7. The molecule has 0 unspecified atom stereocenters. The van der Waals surface area contributed by atoms with Gasteiger partial charge >= 0.3 is 0 Å². The maximum Gasteiger partial charge on any atom is 0.238 e. The molecule has 4 nitrogen and oxygen atoms in total. The van der Waals surface area contributed by atoms with Crippen molar-refractivity contribution in [2.75, 3.05) is 10.8 Å². The molecule has 1 fully saturated rings. The molecule has 1 aliphatic rings. The largest absolute Gasteiger partial charge is 0.393 e. The number of sulfonamides is 1. The molecule has 116 valence electrons. The van der Waals surface area contributed by atoms with Crippen LogP contribution in [0.5, 0.6) is 0 Å². The second-order valence-corrected chi connectivity index (χ2v) is 8.09. The van der Waals surface area contributed by atoms with Gasteiger partial charge in [0.05, 0.1) is 15.9 Å². The molecule has 0 heterocycles. The van der Waals surface area contributed by atoms with Crippen LogP contribution in [-0.4, -0.2) is 25.2 Å². The smallest absolute Gasteiger partial charge is 0.238 e. The molecule has 0 spiro atoms. The molecule has 1 aliphatic carbocycles. The van der Waals surface area contributed by atoms with Crippen LogP contribution in [0.2, 0.25) is 0 Å². The van der Waals surface area contributed by atoms with Gasteiger partial charge in [-0.15, -0.1) is 0 Å². The van der Waals surface area contributed by atoms with Crippen LogP contribution in [0.3, 0.4) is 0 Å². The highest BCUT2D eigenvalue weighted by Gasteiger charge is 2.33. The molecular formula is C15H22N2O2S2. The van der Waals surface area contributed by atoms with Gasteiger partial charge in [0.1, 0.15) is 0 Å². The topological polar surface area (TPSA) is 63.4 Å². The molecule has 2 N–H and O–H groups in total. The van der Waals surface area contributed by atoms with Crippen molar-refractivity contribution < 1.29 is 8.42 Å². The van der Waals surface area contributed by atoms with E-state index in [1.165, 1.54) is 4.31 Å². The maximum absolute atomic E-state index is 12.9. The predicted molar refractivity (Wildman–Crippen MR) is 91.0 cm³/mol. The molecule has 0 saturated heterocycles. The number of nitrogens with zero attached hydrogens (tertiary/aromatic N) is 1. The number of rotatable bonds is 6. The van der Waals surface area contributed by atoms with Gasteiger partial charge in [-0.1, -0.05) is 49.7 Å². The predicted octanol–water partition coefficient (Wildman–Crippen LogP) is 2.83. The first-order valence-corrected chi connectivity index (χ1v) is 9.28. The van der Waals surface area contributed by atoms with Gasteiger partial charge in [0.25, 0.3) is 0 Å². The molecule has 0 bridgehead atoms. The molecule has 0 amide bonds. The summed E-state index contributed by atoms with van der Waals surface area (Å²) in [6.45, 7) is 0.318. The summed E-state index contributed by atoms with van der Waals surface area (Å²) in [5.74, 6) is 0. The lowest BCUT2D eigenvalue weighted by molar-refractivity contribution is 0.482. The highest BCUT2D eigenvalue weighted by molar-refractivity contribution is 7.93. The number of nitrogens with two attached hydrogens (primary N) is 1. The van der Waals surface area contributed by atoms with Gasteiger partial charge in [0.15, 0.2) is 0 Å². The lowest BCUT2D eigenvalue weighted by Crippen LogP contribution is -2.41. The fraction of sp³-hybridized carbons (Fsp3) is 0.533. The third-order valence-electron chi connectivity index (χ3n) is 3.89. The third kappa shape index (κ3) is 4.17. The van der Waals surface area contributed by atoms with Crippen LogP contribution < -0.4 is 10.0 Å². The van der Waals surface area contributed by atoms with Crippen molar-refractivity contribution >= 4 is 32.9 Å². The minimum absolute atomic E-state index is 0.280. The molecule has 6 heteroatoms. The molecule has 0 aliphatic heterocycles. The summed E-state index contributed by atoms with van der Waals surface area (Å²) in [7, 11) is -3.35. The normalized spacial score (nSPS) is 16.6. The molecule has 2 rings (SSSR count). The van der Waals surface area contributed by atoms with Gasteiger partial charge in [-0.25, -0.2) is 8.42 Å². The number of thiocarbonyl (C=S) groups is 1. The second kappa shape index (κ2) is 7.22. The monoisotopic (exact) mass is 326 g/mol. The van der Waals surface area contributed by atoms with Crippen LogP contribution in [0.4, 0.5) is 5.69 Å². The first-order valence-electron chi connectivity index (χ1n) is 7.36. The van der Waals surface area contributed by atoms with Crippen LogP contribution in [0, 0.1) is 0 Å². The highest BCUT2D eigenvalue weighted by Crippen LogP contribution is 2.29. The van der Waals surface area contributed by atoms with Gasteiger partial charge < -0.3 is 5.73 Å². The van der Waals surface area contributed by atoms with E-state index in [1.807, 2.05) is 30.3 Å². The summed E-state index contributed by atoms with van der Waals surface area (Å²) in [5, 5.41) is -0.280. The van der Waals surface area contributed by atoms with Crippen molar-refractivity contribution in [1.29, 1.82) is 0 Å². The first-order chi connectivity index (χ1) is 10.0. The number of hydrogen-bond donors (Lipinski definition) is 1. The fourth-order valence-corrected chi connectivity index (χ4v) is 4.89. The van der Waals surface area contributed by atoms with Crippen molar-refractivity contribution in [3.8, 4) is 0 Å². The van der Waals surface area contributed by atoms with Crippen molar-refractivity contribution in [3.63, 3.8) is 0 Å². The van der Waals surface area contributed by atoms with E-state index >= 15 is 0 Å². The number of benzene rings is 1. The minimum Gasteiger partial charge on any atom is -0.393 e. The van der Waals surface area contributed by atoms with E-state index in [1.54, 1.807) is 0 Å². The Morgan fingerprint density at radius 2 is 1.81 bits per heavy atom. The van der Waals surface area contributed by atoms with Crippen LogP contribution in [0.15, 0.2) is 30.3 Å². The fourth-order valence-electron chi connectivity index (χ4n) is 2.75. The lowest BCUT2D eigenvalue weighted by atomic mass is 10.0.